The van der Waals surface area contributed by atoms with E-state index in [0.29, 0.717) is 16.5 Å². The first-order valence-corrected chi connectivity index (χ1v) is 10.7. The zero-order valence-corrected chi connectivity index (χ0v) is 16.8. The molecule has 1 aliphatic heterocycles. The fourth-order valence-electron chi connectivity index (χ4n) is 2.92. The highest BCUT2D eigenvalue weighted by atomic mass is 35.5. The molecule has 0 unspecified atom stereocenters. The quantitative estimate of drug-likeness (QED) is 0.843. The van der Waals surface area contributed by atoms with E-state index in [1.165, 1.54) is 6.07 Å². The molecule has 0 fully saturated rings. The van der Waals surface area contributed by atoms with Gasteiger partial charge in [-0.15, -0.1) is 0 Å². The Morgan fingerprint density at radius 2 is 1.93 bits per heavy atom. The van der Waals surface area contributed by atoms with Crippen molar-refractivity contribution in [2.24, 2.45) is 0 Å². The maximum atomic E-state index is 12.7. The zero-order chi connectivity index (χ0) is 19.8. The summed E-state index contributed by atoms with van der Waals surface area (Å²) >= 11 is 5.98. The molecule has 1 heterocycles. The monoisotopic (exact) mass is 408 g/mol. The van der Waals surface area contributed by atoms with Gasteiger partial charge in [0.05, 0.1) is 24.5 Å². The Morgan fingerprint density at radius 3 is 2.56 bits per heavy atom. The number of nitrogens with zero attached hydrogens (tertiary/aromatic N) is 1. The van der Waals surface area contributed by atoms with Gasteiger partial charge in [-0.1, -0.05) is 41.4 Å². The summed E-state index contributed by atoms with van der Waals surface area (Å²) in [5, 5.41) is 3.28. The van der Waals surface area contributed by atoms with Crippen LogP contribution in [0.2, 0.25) is 5.02 Å². The van der Waals surface area contributed by atoms with Crippen LogP contribution < -0.4 is 14.4 Å². The summed E-state index contributed by atoms with van der Waals surface area (Å²) in [6.07, 6.45) is 0.133. The summed E-state index contributed by atoms with van der Waals surface area (Å²) in [5.74, 6) is -0.0726. The highest BCUT2D eigenvalue weighted by Gasteiger charge is 2.35. The first-order chi connectivity index (χ1) is 12.6. The zero-order valence-electron chi connectivity index (χ0n) is 15.3. The summed E-state index contributed by atoms with van der Waals surface area (Å²) in [7, 11) is -3.59. The van der Waals surface area contributed by atoms with Crippen LogP contribution in [0.15, 0.2) is 42.5 Å². The average molecular weight is 409 g/mol. The van der Waals surface area contributed by atoms with Gasteiger partial charge in [-0.25, -0.2) is 8.42 Å². The predicted octanol–water partition coefficient (Wildman–Crippen LogP) is 3.05. The molecule has 1 amide bonds. The van der Waals surface area contributed by atoms with E-state index in [1.807, 2.05) is 38.1 Å². The number of anilines is 1. The number of fused-ring (bicyclic) bond motifs is 1. The van der Waals surface area contributed by atoms with Crippen molar-refractivity contribution in [3.8, 4) is 5.75 Å². The normalized spacial score (nSPS) is 17.6. The van der Waals surface area contributed by atoms with Gasteiger partial charge in [0.1, 0.15) is 5.75 Å². The van der Waals surface area contributed by atoms with Crippen molar-refractivity contribution in [3.05, 3.63) is 58.6 Å². The minimum atomic E-state index is -3.59. The van der Waals surface area contributed by atoms with Gasteiger partial charge in [0.2, 0.25) is 10.0 Å². The van der Waals surface area contributed by atoms with Crippen molar-refractivity contribution in [2.75, 3.05) is 17.1 Å². The fourth-order valence-corrected chi connectivity index (χ4v) is 3.99. The lowest BCUT2D eigenvalue weighted by Gasteiger charge is -2.34. The molecule has 0 aromatic heterocycles. The van der Waals surface area contributed by atoms with Crippen molar-refractivity contribution in [2.45, 2.75) is 26.0 Å². The Morgan fingerprint density at radius 1 is 1.26 bits per heavy atom. The molecule has 0 bridgehead atoms. The number of ether oxygens (including phenoxy) is 1. The van der Waals surface area contributed by atoms with Gasteiger partial charge in [-0.05, 0) is 37.6 Å². The molecule has 0 spiro atoms. The van der Waals surface area contributed by atoms with Crippen LogP contribution in [-0.4, -0.2) is 33.2 Å². The molecule has 0 saturated heterocycles. The summed E-state index contributed by atoms with van der Waals surface area (Å²) in [4.78, 5) is 12.7. The van der Waals surface area contributed by atoms with Crippen molar-refractivity contribution >= 4 is 33.2 Å². The largest absolute Gasteiger partial charge is 0.476 e. The standard InChI is InChI=1S/C19H21ClN2O4S/c1-12-4-6-14(7-5-12)13(2)21-19(23)18-11-22(27(3,24)25)16-10-15(20)8-9-17(16)26-18/h4-10,13,18H,11H2,1-3H3,(H,21,23)/t13-,18+/m0/s1. The van der Waals surface area contributed by atoms with Crippen LogP contribution in [0.25, 0.3) is 0 Å². The second kappa shape index (κ2) is 7.40. The highest BCUT2D eigenvalue weighted by molar-refractivity contribution is 7.92. The molecule has 27 heavy (non-hydrogen) atoms. The molecular formula is C19H21ClN2O4S. The van der Waals surface area contributed by atoms with Gasteiger partial charge < -0.3 is 10.1 Å². The molecule has 2 aromatic rings. The topological polar surface area (TPSA) is 75.7 Å². The predicted molar refractivity (Wildman–Crippen MR) is 106 cm³/mol. The maximum Gasteiger partial charge on any atom is 0.263 e. The van der Waals surface area contributed by atoms with E-state index in [-0.39, 0.29) is 18.5 Å². The van der Waals surface area contributed by atoms with Gasteiger partial charge >= 0.3 is 0 Å². The van der Waals surface area contributed by atoms with Gasteiger partial charge in [-0.2, -0.15) is 0 Å². The average Bonchev–Trinajstić information content (AvgIpc) is 2.60. The number of benzene rings is 2. The van der Waals surface area contributed by atoms with E-state index in [1.54, 1.807) is 12.1 Å². The first kappa shape index (κ1) is 19.5. The molecule has 144 valence electrons. The molecule has 8 heteroatoms. The van der Waals surface area contributed by atoms with E-state index < -0.39 is 16.1 Å². The lowest BCUT2D eigenvalue weighted by molar-refractivity contribution is -0.128. The minimum absolute atomic E-state index is 0.112. The second-order valence-corrected chi connectivity index (χ2v) is 9.00. The van der Waals surface area contributed by atoms with Crippen molar-refractivity contribution in [1.82, 2.24) is 5.32 Å². The van der Waals surface area contributed by atoms with Gasteiger partial charge in [0.25, 0.3) is 5.91 Å². The molecule has 0 aliphatic carbocycles. The number of nitrogens with one attached hydrogen (secondary N) is 1. The number of halogens is 1. The van der Waals surface area contributed by atoms with Gasteiger partial charge in [-0.3, -0.25) is 9.10 Å². The Hall–Kier alpha value is -2.25. The Kier molecular flexibility index (Phi) is 5.35. The van der Waals surface area contributed by atoms with E-state index in [4.69, 9.17) is 16.3 Å². The second-order valence-electron chi connectivity index (χ2n) is 6.65. The first-order valence-electron chi connectivity index (χ1n) is 8.46. The third kappa shape index (κ3) is 4.36. The van der Waals surface area contributed by atoms with Gasteiger partial charge in [0.15, 0.2) is 6.10 Å². The summed E-state index contributed by atoms with van der Waals surface area (Å²) in [5.41, 5.74) is 2.42. The number of rotatable bonds is 4. The number of amides is 1. The lowest BCUT2D eigenvalue weighted by Crippen LogP contribution is -2.50. The number of hydrogen-bond acceptors (Lipinski definition) is 4. The number of aryl methyl sites for hydroxylation is 1. The van der Waals surface area contributed by atoms with Crippen LogP contribution in [0.5, 0.6) is 5.75 Å². The maximum absolute atomic E-state index is 12.7. The van der Waals surface area contributed by atoms with Crippen molar-refractivity contribution < 1.29 is 17.9 Å². The van der Waals surface area contributed by atoms with Crippen LogP contribution in [0, 0.1) is 6.92 Å². The number of carbonyl (C=O) groups excluding carboxylic acids is 1. The van der Waals surface area contributed by atoms with Crippen LogP contribution in [0.3, 0.4) is 0 Å². The molecule has 0 radical (unpaired) electrons. The Labute approximate surface area is 164 Å². The number of carbonyl (C=O) groups is 1. The highest BCUT2D eigenvalue weighted by Crippen LogP contribution is 2.37. The Balaban J connectivity index is 1.81. The van der Waals surface area contributed by atoms with Crippen molar-refractivity contribution in [3.63, 3.8) is 0 Å². The van der Waals surface area contributed by atoms with Crippen molar-refractivity contribution in [1.29, 1.82) is 0 Å². The molecular weight excluding hydrogens is 388 g/mol. The third-order valence-corrected chi connectivity index (χ3v) is 5.80. The molecule has 0 saturated carbocycles. The van der Waals surface area contributed by atoms with E-state index >= 15 is 0 Å². The molecule has 1 aliphatic rings. The minimum Gasteiger partial charge on any atom is -0.476 e. The SMILES string of the molecule is Cc1ccc([C@H](C)NC(=O)[C@H]2CN(S(C)(=O)=O)c3cc(Cl)ccc3O2)cc1. The van der Waals surface area contributed by atoms with Crippen LogP contribution in [0.4, 0.5) is 5.69 Å². The summed E-state index contributed by atoms with van der Waals surface area (Å²) in [6.45, 7) is 3.75. The molecule has 1 N–H and O–H groups in total. The van der Waals surface area contributed by atoms with E-state index in [0.717, 1.165) is 21.7 Å². The summed E-state index contributed by atoms with van der Waals surface area (Å²) in [6, 6.07) is 12.3. The van der Waals surface area contributed by atoms with Gasteiger partial charge in [0, 0.05) is 5.02 Å². The lowest BCUT2D eigenvalue weighted by atomic mass is 10.1. The molecule has 6 nitrogen and oxygen atoms in total. The number of hydrogen-bond donors (Lipinski definition) is 1. The number of sulfonamides is 1. The van der Waals surface area contributed by atoms with Crippen LogP contribution >= 0.6 is 11.6 Å². The van der Waals surface area contributed by atoms with Crippen LogP contribution in [0.1, 0.15) is 24.1 Å². The smallest absolute Gasteiger partial charge is 0.263 e. The molecule has 2 atom stereocenters. The third-order valence-electron chi connectivity index (χ3n) is 4.42. The van der Waals surface area contributed by atoms with E-state index in [2.05, 4.69) is 5.32 Å². The molecule has 3 rings (SSSR count). The molecule has 2 aromatic carbocycles. The van der Waals surface area contributed by atoms with Crippen LogP contribution in [-0.2, 0) is 14.8 Å². The fraction of sp³-hybridized carbons (Fsp3) is 0.316. The van der Waals surface area contributed by atoms with E-state index in [9.17, 15) is 13.2 Å². The summed E-state index contributed by atoms with van der Waals surface area (Å²) < 4.78 is 31.3. The Bertz CT molecular complexity index is 960.